The topological polar surface area (TPSA) is 61.2 Å². The molecule has 21 heavy (non-hydrogen) atoms. The van der Waals surface area contributed by atoms with Gasteiger partial charge in [-0.05, 0) is 23.1 Å². The van der Waals surface area contributed by atoms with Crippen LogP contribution in [0.25, 0.3) is 11.1 Å². The van der Waals surface area contributed by atoms with E-state index in [0.717, 1.165) is 11.1 Å². The van der Waals surface area contributed by atoms with Crippen LogP contribution in [0.2, 0.25) is 0 Å². The van der Waals surface area contributed by atoms with E-state index >= 15 is 0 Å². The molecule has 0 aromatic heterocycles. The van der Waals surface area contributed by atoms with Crippen molar-refractivity contribution in [2.45, 2.75) is 19.8 Å². The number of benzene rings is 2. The predicted octanol–water partition coefficient (Wildman–Crippen LogP) is 4.03. The van der Waals surface area contributed by atoms with Gasteiger partial charge in [0.1, 0.15) is 0 Å². The van der Waals surface area contributed by atoms with Crippen LogP contribution in [-0.4, -0.2) is 16.8 Å². The van der Waals surface area contributed by atoms with Crippen molar-refractivity contribution in [1.82, 2.24) is 0 Å². The predicted molar refractivity (Wildman–Crippen MR) is 84.7 cm³/mol. The van der Waals surface area contributed by atoms with Crippen molar-refractivity contribution in [2.75, 3.05) is 0 Å². The molecule has 0 radical (unpaired) electrons. The SMILES string of the molecule is C[C@H](CC(=N)Cc1ccc(-c2ccccc2)cc1)C(=O)O. The second kappa shape index (κ2) is 6.84. The lowest BCUT2D eigenvalue weighted by molar-refractivity contribution is -0.140. The van der Waals surface area contributed by atoms with E-state index in [4.69, 9.17) is 10.5 Å². The molecule has 0 saturated heterocycles. The van der Waals surface area contributed by atoms with Crippen LogP contribution in [0.1, 0.15) is 18.9 Å². The fourth-order valence-electron chi connectivity index (χ4n) is 2.22. The summed E-state index contributed by atoms with van der Waals surface area (Å²) >= 11 is 0. The Hall–Kier alpha value is -2.42. The summed E-state index contributed by atoms with van der Waals surface area (Å²) < 4.78 is 0. The van der Waals surface area contributed by atoms with E-state index in [0.29, 0.717) is 18.6 Å². The second-order valence-corrected chi connectivity index (χ2v) is 5.29. The highest BCUT2D eigenvalue weighted by Crippen LogP contribution is 2.19. The zero-order chi connectivity index (χ0) is 15.2. The third kappa shape index (κ3) is 4.28. The van der Waals surface area contributed by atoms with Crippen molar-refractivity contribution in [1.29, 1.82) is 5.41 Å². The van der Waals surface area contributed by atoms with E-state index in [1.54, 1.807) is 6.92 Å². The van der Waals surface area contributed by atoms with Crippen LogP contribution < -0.4 is 0 Å². The minimum absolute atomic E-state index is 0.301. The average molecular weight is 281 g/mol. The molecule has 0 aliphatic rings. The van der Waals surface area contributed by atoms with E-state index in [2.05, 4.69) is 12.1 Å². The Bertz CT molecular complexity index is 617. The summed E-state index contributed by atoms with van der Waals surface area (Å²) in [6.45, 7) is 1.63. The molecule has 0 bridgehead atoms. The lowest BCUT2D eigenvalue weighted by Gasteiger charge is -2.08. The molecule has 0 unspecified atom stereocenters. The quantitative estimate of drug-likeness (QED) is 0.785. The average Bonchev–Trinajstić information content (AvgIpc) is 2.48. The van der Waals surface area contributed by atoms with Gasteiger partial charge in [-0.2, -0.15) is 0 Å². The highest BCUT2D eigenvalue weighted by atomic mass is 16.4. The Balaban J connectivity index is 2.00. The Morgan fingerprint density at radius 1 is 1.05 bits per heavy atom. The fourth-order valence-corrected chi connectivity index (χ4v) is 2.22. The third-order valence-corrected chi connectivity index (χ3v) is 3.45. The van der Waals surface area contributed by atoms with Crippen LogP contribution in [-0.2, 0) is 11.2 Å². The first-order valence-electron chi connectivity index (χ1n) is 6.99. The van der Waals surface area contributed by atoms with Crippen LogP contribution in [0.5, 0.6) is 0 Å². The number of carboxylic acids is 1. The van der Waals surface area contributed by atoms with Crippen LogP contribution in [0.3, 0.4) is 0 Å². The van der Waals surface area contributed by atoms with Crippen molar-refractivity contribution in [3.63, 3.8) is 0 Å². The molecule has 0 fully saturated rings. The summed E-state index contributed by atoms with van der Waals surface area (Å²) in [4.78, 5) is 10.8. The molecular weight excluding hydrogens is 262 g/mol. The van der Waals surface area contributed by atoms with Gasteiger partial charge in [0.05, 0.1) is 5.92 Å². The van der Waals surface area contributed by atoms with Gasteiger partial charge >= 0.3 is 5.97 Å². The normalized spacial score (nSPS) is 11.9. The van der Waals surface area contributed by atoms with Crippen LogP contribution in [0, 0.1) is 11.3 Å². The summed E-state index contributed by atoms with van der Waals surface area (Å²) in [6.07, 6.45) is 0.808. The molecule has 108 valence electrons. The molecule has 2 rings (SSSR count). The maximum Gasteiger partial charge on any atom is 0.306 e. The monoisotopic (exact) mass is 281 g/mol. The minimum Gasteiger partial charge on any atom is -0.481 e. The number of nitrogens with one attached hydrogen (secondary N) is 1. The number of hydrogen-bond acceptors (Lipinski definition) is 2. The molecule has 0 heterocycles. The fraction of sp³-hybridized carbons (Fsp3) is 0.222. The molecule has 2 aromatic carbocycles. The molecule has 3 heteroatoms. The number of carboxylic acid groups (broad SMARTS) is 1. The lowest BCUT2D eigenvalue weighted by Crippen LogP contribution is -2.15. The summed E-state index contributed by atoms with van der Waals surface area (Å²) in [5, 5.41) is 16.8. The molecule has 0 saturated carbocycles. The van der Waals surface area contributed by atoms with Gasteiger partial charge in [-0.15, -0.1) is 0 Å². The summed E-state index contributed by atoms with van der Waals surface area (Å²) in [5.41, 5.74) is 3.80. The molecule has 3 nitrogen and oxygen atoms in total. The van der Waals surface area contributed by atoms with E-state index in [1.807, 2.05) is 42.5 Å². The van der Waals surface area contributed by atoms with Gasteiger partial charge in [-0.3, -0.25) is 4.79 Å². The van der Waals surface area contributed by atoms with Gasteiger partial charge in [0, 0.05) is 12.1 Å². The van der Waals surface area contributed by atoms with Crippen molar-refractivity contribution in [2.24, 2.45) is 5.92 Å². The Labute approximate surface area is 124 Å². The van der Waals surface area contributed by atoms with Gasteiger partial charge in [0.15, 0.2) is 0 Å². The summed E-state index contributed by atoms with van der Waals surface area (Å²) in [5.74, 6) is -1.35. The van der Waals surface area contributed by atoms with Crippen LogP contribution in [0.4, 0.5) is 0 Å². The zero-order valence-corrected chi connectivity index (χ0v) is 12.0. The first-order valence-corrected chi connectivity index (χ1v) is 6.99. The molecule has 0 aliphatic heterocycles. The van der Waals surface area contributed by atoms with Crippen molar-refractivity contribution in [3.8, 4) is 11.1 Å². The van der Waals surface area contributed by atoms with Crippen molar-refractivity contribution >= 4 is 11.7 Å². The van der Waals surface area contributed by atoms with E-state index < -0.39 is 11.9 Å². The first kappa shape index (κ1) is 15.0. The largest absolute Gasteiger partial charge is 0.481 e. The minimum atomic E-state index is -0.848. The number of aliphatic carboxylic acids is 1. The molecule has 0 amide bonds. The highest BCUT2D eigenvalue weighted by Gasteiger charge is 2.13. The van der Waals surface area contributed by atoms with E-state index in [9.17, 15) is 4.79 Å². The first-order chi connectivity index (χ1) is 10.1. The third-order valence-electron chi connectivity index (χ3n) is 3.45. The molecule has 1 atom stereocenters. The Morgan fingerprint density at radius 2 is 1.62 bits per heavy atom. The van der Waals surface area contributed by atoms with E-state index in [1.165, 1.54) is 5.56 Å². The molecule has 0 spiro atoms. The molecular formula is C18H19NO2. The number of hydrogen-bond donors (Lipinski definition) is 2. The van der Waals surface area contributed by atoms with Gasteiger partial charge < -0.3 is 10.5 Å². The number of carbonyl (C=O) groups is 1. The number of rotatable bonds is 6. The van der Waals surface area contributed by atoms with Gasteiger partial charge in [-0.25, -0.2) is 0 Å². The smallest absolute Gasteiger partial charge is 0.306 e. The molecule has 2 N–H and O–H groups in total. The second-order valence-electron chi connectivity index (χ2n) is 5.29. The summed E-state index contributed by atoms with van der Waals surface area (Å²) in [7, 11) is 0. The standard InChI is InChI=1S/C18H19NO2/c1-13(18(20)21)11-17(19)12-14-7-9-16(10-8-14)15-5-3-2-4-6-15/h2-10,13,19H,11-12H2,1H3,(H,20,21)/t13-/m1/s1. The Kier molecular flexibility index (Phi) is 4.88. The molecule has 0 aliphatic carbocycles. The van der Waals surface area contributed by atoms with Crippen molar-refractivity contribution < 1.29 is 9.90 Å². The lowest BCUT2D eigenvalue weighted by atomic mass is 9.97. The molecule has 2 aromatic rings. The summed E-state index contributed by atoms with van der Waals surface area (Å²) in [6, 6.07) is 18.2. The van der Waals surface area contributed by atoms with Crippen LogP contribution >= 0.6 is 0 Å². The van der Waals surface area contributed by atoms with E-state index in [-0.39, 0.29) is 0 Å². The highest BCUT2D eigenvalue weighted by molar-refractivity contribution is 5.87. The maximum absolute atomic E-state index is 10.8. The van der Waals surface area contributed by atoms with Crippen molar-refractivity contribution in [3.05, 3.63) is 60.2 Å². The van der Waals surface area contributed by atoms with Gasteiger partial charge in [0.2, 0.25) is 0 Å². The van der Waals surface area contributed by atoms with Gasteiger partial charge in [-0.1, -0.05) is 61.5 Å². The zero-order valence-electron chi connectivity index (χ0n) is 12.0. The van der Waals surface area contributed by atoms with Gasteiger partial charge in [0.25, 0.3) is 0 Å². The maximum atomic E-state index is 10.8. The Morgan fingerprint density at radius 3 is 2.19 bits per heavy atom. The van der Waals surface area contributed by atoms with Crippen LogP contribution in [0.15, 0.2) is 54.6 Å².